The molecule has 3 heterocycles. The van der Waals surface area contributed by atoms with Crippen molar-refractivity contribution in [2.75, 3.05) is 0 Å². The maximum absolute atomic E-state index is 5.31. The summed E-state index contributed by atoms with van der Waals surface area (Å²) < 4.78 is 5.31. The Hall–Kier alpha value is -2.99. The minimum Gasteiger partial charge on any atom is -0.332 e. The molecule has 1 N–H and O–H groups in total. The van der Waals surface area contributed by atoms with E-state index in [0.29, 0.717) is 17.4 Å². The summed E-state index contributed by atoms with van der Waals surface area (Å²) >= 11 is 1.78. The zero-order valence-electron chi connectivity index (χ0n) is 14.1. The fraction of sp³-hybridized carbons (Fsp3) is 0.150. The van der Waals surface area contributed by atoms with Crippen LogP contribution in [0.4, 0.5) is 0 Å². The summed E-state index contributed by atoms with van der Waals surface area (Å²) in [5.74, 6) is 1.06. The lowest BCUT2D eigenvalue weighted by Crippen LogP contribution is -2.29. The summed E-state index contributed by atoms with van der Waals surface area (Å²) in [6.07, 6.45) is 5.21. The van der Waals surface area contributed by atoms with Gasteiger partial charge in [0.1, 0.15) is 0 Å². The maximum Gasteiger partial charge on any atom is 0.279 e. The van der Waals surface area contributed by atoms with Crippen LogP contribution in [0.2, 0.25) is 0 Å². The molecular formula is C20H16N4OS. The Kier molecular flexibility index (Phi) is 3.39. The number of H-pyrrole nitrogens is 1. The molecule has 1 unspecified atom stereocenters. The maximum atomic E-state index is 5.31. The molecule has 0 saturated carbocycles. The Bertz CT molecular complexity index is 1080. The molecule has 1 aromatic carbocycles. The topological polar surface area (TPSA) is 67.6 Å². The van der Waals surface area contributed by atoms with Crippen LogP contribution < -0.4 is 0 Å². The summed E-state index contributed by atoms with van der Waals surface area (Å²) in [6, 6.07) is 14.9. The van der Waals surface area contributed by atoms with E-state index < -0.39 is 0 Å². The van der Waals surface area contributed by atoms with Crippen LogP contribution in [0, 0.1) is 6.92 Å². The van der Waals surface area contributed by atoms with E-state index >= 15 is 0 Å². The fourth-order valence-corrected chi connectivity index (χ4v) is 4.53. The van der Waals surface area contributed by atoms with Crippen molar-refractivity contribution in [2.24, 2.45) is 0 Å². The molecule has 1 atom stereocenters. The molecule has 26 heavy (non-hydrogen) atoms. The lowest BCUT2D eigenvalue weighted by atomic mass is 9.72. The Morgan fingerprint density at radius 3 is 2.77 bits per heavy atom. The monoisotopic (exact) mass is 360 g/mol. The van der Waals surface area contributed by atoms with Crippen LogP contribution in [0.3, 0.4) is 0 Å². The van der Waals surface area contributed by atoms with Gasteiger partial charge in [0.25, 0.3) is 5.89 Å². The van der Waals surface area contributed by atoms with Gasteiger partial charge in [0.05, 0.1) is 5.41 Å². The molecular weight excluding hydrogens is 344 g/mol. The summed E-state index contributed by atoms with van der Waals surface area (Å²) in [5, 5.41) is 13.7. The van der Waals surface area contributed by atoms with E-state index in [2.05, 4.69) is 80.3 Å². The number of aryl methyl sites for hydroxylation is 1. The molecule has 0 radical (unpaired) electrons. The predicted octanol–water partition coefficient (Wildman–Crippen LogP) is 4.39. The molecule has 1 aliphatic carbocycles. The van der Waals surface area contributed by atoms with Gasteiger partial charge in [-0.1, -0.05) is 53.7 Å². The number of nitrogens with one attached hydrogen (secondary N) is 1. The smallest absolute Gasteiger partial charge is 0.279 e. The highest BCUT2D eigenvalue weighted by molar-refractivity contribution is 7.10. The number of hydrogen-bond acceptors (Lipinski definition) is 5. The molecule has 3 aromatic heterocycles. The average molecular weight is 360 g/mol. The van der Waals surface area contributed by atoms with E-state index in [-0.39, 0.29) is 5.41 Å². The molecule has 0 fully saturated rings. The van der Waals surface area contributed by atoms with Crippen molar-refractivity contribution < 1.29 is 4.52 Å². The molecule has 0 saturated heterocycles. The van der Waals surface area contributed by atoms with Crippen LogP contribution >= 0.6 is 11.3 Å². The number of hydrogen-bond donors (Lipinski definition) is 1. The minimum atomic E-state index is -0.197. The predicted molar refractivity (Wildman–Crippen MR) is 101 cm³/mol. The average Bonchev–Trinajstić information content (AvgIpc) is 3.42. The van der Waals surface area contributed by atoms with E-state index in [1.807, 2.05) is 0 Å². The number of fused-ring (bicyclic) bond motifs is 1. The van der Waals surface area contributed by atoms with Crippen molar-refractivity contribution in [3.63, 3.8) is 0 Å². The lowest BCUT2D eigenvalue weighted by Gasteiger charge is -2.33. The van der Waals surface area contributed by atoms with Crippen molar-refractivity contribution in [2.45, 2.75) is 18.8 Å². The molecule has 5 nitrogen and oxygen atoms in total. The van der Waals surface area contributed by atoms with Crippen LogP contribution in [-0.2, 0) is 11.8 Å². The molecule has 128 valence electrons. The van der Waals surface area contributed by atoms with E-state index in [1.54, 1.807) is 18.3 Å². The van der Waals surface area contributed by atoms with Gasteiger partial charge in [-0.15, -0.1) is 11.3 Å². The zero-order chi connectivity index (χ0) is 17.6. The van der Waals surface area contributed by atoms with Crippen molar-refractivity contribution in [3.05, 3.63) is 81.4 Å². The van der Waals surface area contributed by atoms with E-state index in [1.165, 1.54) is 10.4 Å². The SMILES string of the molecule is Cc1noc(-c2n[nH]c3c2C=CC(c2ccccc2)(c2cccs2)C3)n1. The van der Waals surface area contributed by atoms with E-state index in [4.69, 9.17) is 4.52 Å². The summed E-state index contributed by atoms with van der Waals surface area (Å²) in [7, 11) is 0. The van der Waals surface area contributed by atoms with Crippen LogP contribution in [0.15, 0.2) is 58.4 Å². The fourth-order valence-electron chi connectivity index (χ4n) is 3.60. The van der Waals surface area contributed by atoms with Gasteiger partial charge in [-0.25, -0.2) is 0 Å². The summed E-state index contributed by atoms with van der Waals surface area (Å²) in [6.45, 7) is 1.80. The number of thiophene rings is 1. The van der Waals surface area contributed by atoms with Gasteiger partial charge >= 0.3 is 0 Å². The highest BCUT2D eigenvalue weighted by Gasteiger charge is 2.37. The molecule has 0 spiro atoms. The van der Waals surface area contributed by atoms with Crippen LogP contribution in [0.1, 0.15) is 27.5 Å². The van der Waals surface area contributed by atoms with Crippen molar-refractivity contribution in [3.8, 4) is 11.6 Å². The third kappa shape index (κ3) is 2.26. The highest BCUT2D eigenvalue weighted by atomic mass is 32.1. The van der Waals surface area contributed by atoms with Crippen molar-refractivity contribution in [1.82, 2.24) is 20.3 Å². The second-order valence-electron chi connectivity index (χ2n) is 6.44. The van der Waals surface area contributed by atoms with Crippen LogP contribution in [0.25, 0.3) is 17.7 Å². The summed E-state index contributed by atoms with van der Waals surface area (Å²) in [4.78, 5) is 5.63. The second-order valence-corrected chi connectivity index (χ2v) is 7.38. The second kappa shape index (κ2) is 5.78. The zero-order valence-corrected chi connectivity index (χ0v) is 15.0. The van der Waals surface area contributed by atoms with Gasteiger partial charge in [0.2, 0.25) is 0 Å². The van der Waals surface area contributed by atoms with Crippen LogP contribution in [0.5, 0.6) is 0 Å². The Morgan fingerprint density at radius 2 is 2.04 bits per heavy atom. The Labute approximate surface area is 154 Å². The molecule has 0 aliphatic heterocycles. The third-order valence-electron chi connectivity index (χ3n) is 4.85. The third-order valence-corrected chi connectivity index (χ3v) is 5.90. The Morgan fingerprint density at radius 1 is 1.15 bits per heavy atom. The first-order chi connectivity index (χ1) is 12.8. The molecule has 6 heteroatoms. The summed E-state index contributed by atoms with van der Waals surface area (Å²) in [5.41, 5.74) is 3.89. The Balaban J connectivity index is 1.65. The van der Waals surface area contributed by atoms with Gasteiger partial charge in [-0.2, -0.15) is 10.1 Å². The van der Waals surface area contributed by atoms with Gasteiger partial charge in [0.15, 0.2) is 11.5 Å². The number of aromatic amines is 1. The van der Waals surface area contributed by atoms with E-state index in [0.717, 1.165) is 17.7 Å². The number of nitrogens with zero attached hydrogens (tertiary/aromatic N) is 3. The number of aromatic nitrogens is 4. The first-order valence-electron chi connectivity index (χ1n) is 8.43. The van der Waals surface area contributed by atoms with Gasteiger partial charge in [-0.3, -0.25) is 5.10 Å². The van der Waals surface area contributed by atoms with Crippen molar-refractivity contribution in [1.29, 1.82) is 0 Å². The standard InChI is InChI=1S/C20H16N4OS/c1-13-21-19(25-24-13)18-15-9-10-20(12-16(15)22-23-18,17-8-5-11-26-17)14-6-3-2-4-7-14/h2-11H,12H2,1H3,(H,22,23). The minimum absolute atomic E-state index is 0.197. The van der Waals surface area contributed by atoms with Gasteiger partial charge in [0, 0.05) is 22.6 Å². The lowest BCUT2D eigenvalue weighted by molar-refractivity contribution is 0.424. The first-order valence-corrected chi connectivity index (χ1v) is 9.31. The number of rotatable bonds is 3. The van der Waals surface area contributed by atoms with E-state index in [9.17, 15) is 0 Å². The highest BCUT2D eigenvalue weighted by Crippen LogP contribution is 2.44. The number of allylic oxidation sites excluding steroid dienone is 1. The quantitative estimate of drug-likeness (QED) is 0.588. The largest absolute Gasteiger partial charge is 0.332 e. The molecule has 4 aromatic rings. The molecule has 0 amide bonds. The molecule has 5 rings (SSSR count). The molecule has 1 aliphatic rings. The normalized spacial score (nSPS) is 18.8. The van der Waals surface area contributed by atoms with Crippen molar-refractivity contribution >= 4 is 17.4 Å². The van der Waals surface area contributed by atoms with Crippen LogP contribution in [-0.4, -0.2) is 20.3 Å². The van der Waals surface area contributed by atoms with Gasteiger partial charge < -0.3 is 4.52 Å². The number of benzene rings is 1. The van der Waals surface area contributed by atoms with Gasteiger partial charge in [-0.05, 0) is 23.9 Å². The molecule has 0 bridgehead atoms. The first kappa shape index (κ1) is 15.3.